The first-order valence-corrected chi connectivity index (χ1v) is 7.26. The van der Waals surface area contributed by atoms with Crippen molar-refractivity contribution in [3.8, 4) is 11.5 Å². The Morgan fingerprint density at radius 1 is 1.05 bits per heavy atom. The summed E-state index contributed by atoms with van der Waals surface area (Å²) < 4.78 is 26.5. The second kappa shape index (κ2) is 6.10. The van der Waals surface area contributed by atoms with Crippen molar-refractivity contribution in [2.75, 3.05) is 7.11 Å². The van der Waals surface area contributed by atoms with Gasteiger partial charge in [0.05, 0.1) is 18.3 Å². The first kappa shape index (κ1) is 14.4. The summed E-state index contributed by atoms with van der Waals surface area (Å²) in [6, 6.07) is 14.4. The van der Waals surface area contributed by atoms with E-state index in [0.29, 0.717) is 6.61 Å². The first-order valence-electron chi connectivity index (χ1n) is 7.26. The smallest absolute Gasteiger partial charge is 0.128 e. The Labute approximate surface area is 128 Å². The maximum atomic E-state index is 13.4. The van der Waals surface area contributed by atoms with E-state index in [4.69, 9.17) is 9.47 Å². The van der Waals surface area contributed by atoms with Crippen molar-refractivity contribution in [1.82, 2.24) is 4.57 Å². The molecule has 0 spiro atoms. The van der Waals surface area contributed by atoms with Crippen molar-refractivity contribution in [2.45, 2.75) is 20.1 Å². The molecule has 0 aliphatic heterocycles. The summed E-state index contributed by atoms with van der Waals surface area (Å²) in [6.07, 6.45) is 0. The number of methoxy groups -OCH3 is 1. The fourth-order valence-corrected chi connectivity index (χ4v) is 2.63. The van der Waals surface area contributed by atoms with Crippen LogP contribution in [0.3, 0.4) is 0 Å². The van der Waals surface area contributed by atoms with Crippen molar-refractivity contribution >= 4 is 10.9 Å². The highest BCUT2D eigenvalue weighted by Gasteiger charge is 2.09. The van der Waals surface area contributed by atoms with Crippen LogP contribution in [0.1, 0.15) is 12.6 Å². The van der Waals surface area contributed by atoms with Gasteiger partial charge < -0.3 is 14.0 Å². The van der Waals surface area contributed by atoms with E-state index >= 15 is 0 Å². The van der Waals surface area contributed by atoms with Crippen LogP contribution in [-0.4, -0.2) is 11.7 Å². The maximum Gasteiger partial charge on any atom is 0.128 e. The van der Waals surface area contributed by atoms with Crippen LogP contribution in [-0.2, 0) is 13.2 Å². The average molecular weight is 299 g/mol. The lowest BCUT2D eigenvalue weighted by Gasteiger charge is -2.10. The van der Waals surface area contributed by atoms with Gasteiger partial charge in [0.25, 0.3) is 0 Å². The zero-order valence-corrected chi connectivity index (χ0v) is 12.7. The topological polar surface area (TPSA) is 23.4 Å². The molecule has 0 N–H and O–H groups in total. The van der Waals surface area contributed by atoms with Crippen molar-refractivity contribution in [1.29, 1.82) is 0 Å². The molecule has 0 aliphatic carbocycles. The number of benzene rings is 2. The van der Waals surface area contributed by atoms with Crippen LogP contribution in [0.4, 0.5) is 4.39 Å². The van der Waals surface area contributed by atoms with Gasteiger partial charge in [0.1, 0.15) is 23.9 Å². The summed E-state index contributed by atoms with van der Waals surface area (Å²) in [5.74, 6) is 1.29. The summed E-state index contributed by atoms with van der Waals surface area (Å²) in [5.41, 5.74) is 1.91. The third-order valence-corrected chi connectivity index (χ3v) is 3.70. The van der Waals surface area contributed by atoms with Gasteiger partial charge in [-0.05, 0) is 43.3 Å². The fourth-order valence-electron chi connectivity index (χ4n) is 2.63. The highest BCUT2D eigenvalue weighted by Crippen LogP contribution is 2.24. The van der Waals surface area contributed by atoms with Crippen LogP contribution in [0.5, 0.6) is 11.5 Å². The van der Waals surface area contributed by atoms with Gasteiger partial charge in [0.2, 0.25) is 0 Å². The van der Waals surface area contributed by atoms with Gasteiger partial charge in [-0.25, -0.2) is 4.39 Å². The molecule has 3 nitrogen and oxygen atoms in total. The second-order valence-electron chi connectivity index (χ2n) is 5.05. The van der Waals surface area contributed by atoms with E-state index < -0.39 is 0 Å². The largest absolute Gasteiger partial charge is 0.497 e. The lowest BCUT2D eigenvalue weighted by Crippen LogP contribution is -2.04. The minimum Gasteiger partial charge on any atom is -0.497 e. The molecule has 2 aromatic carbocycles. The van der Waals surface area contributed by atoms with Gasteiger partial charge >= 0.3 is 0 Å². The van der Waals surface area contributed by atoms with Gasteiger partial charge in [-0.3, -0.25) is 0 Å². The molecule has 0 aliphatic rings. The Morgan fingerprint density at radius 2 is 1.86 bits per heavy atom. The molecule has 4 heteroatoms. The lowest BCUT2D eigenvalue weighted by atomic mass is 10.2. The number of nitrogens with zero attached hydrogens (tertiary/aromatic N) is 1. The number of aryl methyl sites for hydroxylation is 1. The molecule has 1 heterocycles. The molecule has 114 valence electrons. The number of aromatic nitrogens is 1. The number of hydrogen-bond donors (Lipinski definition) is 0. The Bertz CT molecular complexity index is 795. The van der Waals surface area contributed by atoms with E-state index in [0.717, 1.165) is 34.6 Å². The second-order valence-corrected chi connectivity index (χ2v) is 5.05. The third kappa shape index (κ3) is 2.77. The Balaban J connectivity index is 1.87. The third-order valence-electron chi connectivity index (χ3n) is 3.70. The van der Waals surface area contributed by atoms with Crippen LogP contribution in [0.25, 0.3) is 10.9 Å². The van der Waals surface area contributed by atoms with E-state index in [-0.39, 0.29) is 5.82 Å². The summed E-state index contributed by atoms with van der Waals surface area (Å²) >= 11 is 0. The molecule has 0 atom stereocenters. The molecule has 22 heavy (non-hydrogen) atoms. The van der Waals surface area contributed by atoms with Crippen LogP contribution < -0.4 is 9.47 Å². The SMILES string of the molecule is CCn1c(COc2cccc(OC)c2)cc2ccc(F)cc21. The number of ether oxygens (including phenoxy) is 2. The van der Waals surface area contributed by atoms with Gasteiger partial charge in [-0.15, -0.1) is 0 Å². The van der Waals surface area contributed by atoms with Crippen molar-refractivity contribution in [2.24, 2.45) is 0 Å². The molecule has 3 rings (SSSR count). The molecule has 1 aromatic heterocycles. The molecule has 0 fully saturated rings. The Morgan fingerprint density at radius 3 is 2.64 bits per heavy atom. The number of halogens is 1. The highest BCUT2D eigenvalue weighted by atomic mass is 19.1. The fraction of sp³-hybridized carbons (Fsp3) is 0.222. The van der Waals surface area contributed by atoms with E-state index in [1.807, 2.05) is 37.3 Å². The van der Waals surface area contributed by atoms with Crippen LogP contribution >= 0.6 is 0 Å². The Hall–Kier alpha value is -2.49. The zero-order chi connectivity index (χ0) is 15.5. The molecular weight excluding hydrogens is 281 g/mol. The summed E-state index contributed by atoms with van der Waals surface area (Å²) in [4.78, 5) is 0. The van der Waals surface area contributed by atoms with E-state index in [9.17, 15) is 4.39 Å². The van der Waals surface area contributed by atoms with Gasteiger partial charge in [-0.2, -0.15) is 0 Å². The maximum absolute atomic E-state index is 13.4. The quantitative estimate of drug-likeness (QED) is 0.697. The monoisotopic (exact) mass is 299 g/mol. The number of rotatable bonds is 5. The molecule has 0 bridgehead atoms. The molecule has 0 amide bonds. The van der Waals surface area contributed by atoms with Crippen molar-refractivity contribution in [3.63, 3.8) is 0 Å². The summed E-state index contributed by atoms with van der Waals surface area (Å²) in [6.45, 7) is 3.24. The molecule has 0 saturated carbocycles. The van der Waals surface area contributed by atoms with Crippen molar-refractivity contribution in [3.05, 3.63) is 60.0 Å². The van der Waals surface area contributed by atoms with Crippen LogP contribution in [0.2, 0.25) is 0 Å². The summed E-state index contributed by atoms with van der Waals surface area (Å²) in [7, 11) is 1.63. The Kier molecular flexibility index (Phi) is 4.00. The van der Waals surface area contributed by atoms with Crippen LogP contribution in [0.15, 0.2) is 48.5 Å². The highest BCUT2D eigenvalue weighted by molar-refractivity contribution is 5.81. The molecule has 0 unspecified atom stereocenters. The molecule has 3 aromatic rings. The molecule has 0 radical (unpaired) electrons. The summed E-state index contributed by atoms with van der Waals surface area (Å²) in [5, 5.41) is 1.02. The predicted molar refractivity (Wildman–Crippen MR) is 84.9 cm³/mol. The predicted octanol–water partition coefficient (Wildman–Crippen LogP) is 4.39. The normalized spacial score (nSPS) is 10.9. The zero-order valence-electron chi connectivity index (χ0n) is 12.7. The average Bonchev–Trinajstić information content (AvgIpc) is 2.89. The number of fused-ring (bicyclic) bond motifs is 1. The van der Waals surface area contributed by atoms with Gasteiger partial charge in [-0.1, -0.05) is 6.07 Å². The minimum absolute atomic E-state index is 0.222. The standard InChI is InChI=1S/C18H18FNO2/c1-3-20-15(9-13-7-8-14(19)10-18(13)20)12-22-17-6-4-5-16(11-17)21-2/h4-11H,3,12H2,1-2H3. The molecular formula is C18H18FNO2. The van der Waals surface area contributed by atoms with Crippen molar-refractivity contribution < 1.29 is 13.9 Å². The first-order chi connectivity index (χ1) is 10.7. The number of hydrogen-bond acceptors (Lipinski definition) is 2. The van der Waals surface area contributed by atoms with Gasteiger partial charge in [0.15, 0.2) is 0 Å². The van der Waals surface area contributed by atoms with E-state index in [2.05, 4.69) is 4.57 Å². The van der Waals surface area contributed by atoms with E-state index in [1.165, 1.54) is 6.07 Å². The van der Waals surface area contributed by atoms with Gasteiger partial charge in [0, 0.05) is 18.0 Å². The van der Waals surface area contributed by atoms with Crippen LogP contribution in [0, 0.1) is 5.82 Å². The molecule has 0 saturated heterocycles. The minimum atomic E-state index is -0.222. The van der Waals surface area contributed by atoms with E-state index in [1.54, 1.807) is 19.2 Å². The lowest BCUT2D eigenvalue weighted by molar-refractivity contribution is 0.294.